The highest BCUT2D eigenvalue weighted by molar-refractivity contribution is 7.14. The molecule has 0 aliphatic carbocycles. The molecule has 0 atom stereocenters. The first kappa shape index (κ1) is 12.7. The summed E-state index contributed by atoms with van der Waals surface area (Å²) in [5.74, 6) is 1.39. The number of nitrogens with two attached hydrogens (primary N) is 1. The highest BCUT2D eigenvalue weighted by Gasteiger charge is 2.21. The molecule has 0 radical (unpaired) electrons. The number of anilines is 1. The first-order valence-corrected chi connectivity index (χ1v) is 6.96. The fraction of sp³-hybridized carbons (Fsp3) is 0.143. The van der Waals surface area contributed by atoms with Crippen LogP contribution in [0.15, 0.2) is 35.8 Å². The second-order valence-electron chi connectivity index (χ2n) is 4.27. The highest BCUT2D eigenvalue weighted by atomic mass is 32.1. The molecule has 2 N–H and O–H groups in total. The van der Waals surface area contributed by atoms with Crippen LogP contribution in [0, 0.1) is 0 Å². The quantitative estimate of drug-likeness (QED) is 0.804. The minimum absolute atomic E-state index is 0.592. The molecular formula is C14H14N4OS. The molecule has 0 saturated carbocycles. The average Bonchev–Trinajstić information content (AvgIpc) is 3.05. The Morgan fingerprint density at radius 2 is 2.15 bits per heavy atom. The van der Waals surface area contributed by atoms with Crippen molar-refractivity contribution in [2.45, 2.75) is 0 Å². The van der Waals surface area contributed by atoms with E-state index in [1.807, 2.05) is 36.7 Å². The molecule has 6 heteroatoms. The summed E-state index contributed by atoms with van der Waals surface area (Å²) in [5.41, 5.74) is 8.61. The number of methoxy groups -OCH3 is 1. The SMILES string of the molecule is COc1ccsc1-c1nn(C)c(N)c1-c1ccccn1. The Kier molecular flexibility index (Phi) is 3.15. The molecule has 102 valence electrons. The van der Waals surface area contributed by atoms with E-state index >= 15 is 0 Å². The lowest BCUT2D eigenvalue weighted by Crippen LogP contribution is -1.98. The van der Waals surface area contributed by atoms with E-state index in [9.17, 15) is 0 Å². The van der Waals surface area contributed by atoms with Gasteiger partial charge in [0.1, 0.15) is 17.3 Å². The van der Waals surface area contributed by atoms with Gasteiger partial charge in [-0.25, -0.2) is 0 Å². The summed E-state index contributed by atoms with van der Waals surface area (Å²) in [6, 6.07) is 7.66. The Balaban J connectivity index is 2.25. The Morgan fingerprint density at radius 3 is 2.85 bits per heavy atom. The number of hydrogen-bond donors (Lipinski definition) is 1. The van der Waals surface area contributed by atoms with Crippen molar-refractivity contribution in [3.63, 3.8) is 0 Å². The zero-order valence-electron chi connectivity index (χ0n) is 11.2. The van der Waals surface area contributed by atoms with E-state index in [4.69, 9.17) is 10.5 Å². The number of pyridine rings is 1. The van der Waals surface area contributed by atoms with E-state index in [2.05, 4.69) is 10.1 Å². The summed E-state index contributed by atoms with van der Waals surface area (Å²) < 4.78 is 7.04. The van der Waals surface area contributed by atoms with E-state index in [0.717, 1.165) is 27.6 Å². The third-order valence-corrected chi connectivity index (χ3v) is 3.98. The first-order chi connectivity index (χ1) is 9.72. The maximum Gasteiger partial charge on any atom is 0.139 e. The maximum absolute atomic E-state index is 6.16. The van der Waals surface area contributed by atoms with Gasteiger partial charge in [-0.3, -0.25) is 9.67 Å². The number of rotatable bonds is 3. The molecule has 3 aromatic heterocycles. The lowest BCUT2D eigenvalue weighted by atomic mass is 10.1. The van der Waals surface area contributed by atoms with Crippen LogP contribution >= 0.6 is 11.3 Å². The molecule has 0 aromatic carbocycles. The molecule has 0 saturated heterocycles. The van der Waals surface area contributed by atoms with E-state index in [0.29, 0.717) is 5.82 Å². The summed E-state index contributed by atoms with van der Waals surface area (Å²) in [4.78, 5) is 5.34. The predicted molar refractivity (Wildman–Crippen MR) is 80.7 cm³/mol. The fourth-order valence-electron chi connectivity index (χ4n) is 2.09. The third-order valence-electron chi connectivity index (χ3n) is 3.08. The van der Waals surface area contributed by atoms with E-state index in [1.54, 1.807) is 29.3 Å². The summed E-state index contributed by atoms with van der Waals surface area (Å²) >= 11 is 1.57. The van der Waals surface area contributed by atoms with Crippen molar-refractivity contribution in [2.75, 3.05) is 12.8 Å². The molecule has 20 heavy (non-hydrogen) atoms. The Hall–Kier alpha value is -2.34. The zero-order chi connectivity index (χ0) is 14.1. The van der Waals surface area contributed by atoms with Crippen molar-refractivity contribution < 1.29 is 4.74 Å². The average molecular weight is 286 g/mol. The number of aromatic nitrogens is 3. The Morgan fingerprint density at radius 1 is 1.30 bits per heavy atom. The van der Waals surface area contributed by atoms with E-state index in [1.165, 1.54) is 0 Å². The van der Waals surface area contributed by atoms with Crippen LogP contribution in [-0.4, -0.2) is 21.9 Å². The lowest BCUT2D eigenvalue weighted by Gasteiger charge is -2.03. The van der Waals surface area contributed by atoms with Gasteiger partial charge in [0.25, 0.3) is 0 Å². The minimum Gasteiger partial charge on any atom is -0.495 e. The van der Waals surface area contributed by atoms with Crippen LogP contribution in [0.3, 0.4) is 0 Å². The van der Waals surface area contributed by atoms with Crippen molar-refractivity contribution in [3.8, 4) is 27.6 Å². The van der Waals surface area contributed by atoms with Crippen molar-refractivity contribution in [1.29, 1.82) is 0 Å². The second-order valence-corrected chi connectivity index (χ2v) is 5.18. The van der Waals surface area contributed by atoms with Crippen LogP contribution in [0.4, 0.5) is 5.82 Å². The van der Waals surface area contributed by atoms with Crippen LogP contribution < -0.4 is 10.5 Å². The Bertz CT molecular complexity index is 733. The molecular weight excluding hydrogens is 272 g/mol. The highest BCUT2D eigenvalue weighted by Crippen LogP contribution is 2.41. The van der Waals surface area contributed by atoms with Gasteiger partial charge in [0.2, 0.25) is 0 Å². The molecule has 0 aliphatic rings. The number of nitrogens with zero attached hydrogens (tertiary/aromatic N) is 3. The van der Waals surface area contributed by atoms with E-state index < -0.39 is 0 Å². The molecule has 0 bridgehead atoms. The fourth-order valence-corrected chi connectivity index (χ4v) is 2.94. The van der Waals surface area contributed by atoms with Gasteiger partial charge in [0.05, 0.1) is 23.2 Å². The van der Waals surface area contributed by atoms with Crippen LogP contribution in [0.25, 0.3) is 21.8 Å². The number of ether oxygens (including phenoxy) is 1. The van der Waals surface area contributed by atoms with Crippen LogP contribution in [0.1, 0.15) is 0 Å². The molecule has 5 nitrogen and oxygen atoms in total. The van der Waals surface area contributed by atoms with Gasteiger partial charge in [-0.2, -0.15) is 5.10 Å². The smallest absolute Gasteiger partial charge is 0.139 e. The summed E-state index contributed by atoms with van der Waals surface area (Å²) in [7, 11) is 3.48. The number of thiophene rings is 1. The summed E-state index contributed by atoms with van der Waals surface area (Å²) in [6.45, 7) is 0. The molecule has 0 amide bonds. The van der Waals surface area contributed by atoms with Crippen molar-refractivity contribution in [2.24, 2.45) is 7.05 Å². The molecule has 0 aliphatic heterocycles. The molecule has 3 aromatic rings. The maximum atomic E-state index is 6.16. The van der Waals surface area contributed by atoms with Gasteiger partial charge in [-0.05, 0) is 23.6 Å². The van der Waals surface area contributed by atoms with Gasteiger partial charge in [0, 0.05) is 13.2 Å². The van der Waals surface area contributed by atoms with E-state index in [-0.39, 0.29) is 0 Å². The second kappa shape index (κ2) is 4.97. The summed E-state index contributed by atoms with van der Waals surface area (Å²) in [5, 5.41) is 6.49. The van der Waals surface area contributed by atoms with Gasteiger partial charge >= 0.3 is 0 Å². The summed E-state index contributed by atoms with van der Waals surface area (Å²) in [6.07, 6.45) is 1.75. The van der Waals surface area contributed by atoms with Crippen molar-refractivity contribution >= 4 is 17.2 Å². The van der Waals surface area contributed by atoms with Crippen LogP contribution in [0.2, 0.25) is 0 Å². The Labute approximate surface area is 120 Å². The standard InChI is InChI=1S/C14H14N4OS/c1-18-14(15)11(9-5-3-4-7-16-9)12(17-18)13-10(19-2)6-8-20-13/h3-8H,15H2,1-2H3. The molecule has 3 heterocycles. The number of hydrogen-bond acceptors (Lipinski definition) is 5. The van der Waals surface area contributed by atoms with Crippen molar-refractivity contribution in [1.82, 2.24) is 14.8 Å². The van der Waals surface area contributed by atoms with Crippen LogP contribution in [-0.2, 0) is 7.05 Å². The molecule has 0 unspecified atom stereocenters. The van der Waals surface area contributed by atoms with Crippen LogP contribution in [0.5, 0.6) is 5.75 Å². The first-order valence-electron chi connectivity index (χ1n) is 6.08. The van der Waals surface area contributed by atoms with Gasteiger partial charge in [-0.15, -0.1) is 11.3 Å². The molecule has 0 spiro atoms. The molecule has 3 rings (SSSR count). The topological polar surface area (TPSA) is 66.0 Å². The van der Waals surface area contributed by atoms with Crippen molar-refractivity contribution in [3.05, 3.63) is 35.8 Å². The van der Waals surface area contributed by atoms with Gasteiger partial charge in [0.15, 0.2) is 0 Å². The number of nitrogen functional groups attached to an aromatic ring is 1. The minimum atomic E-state index is 0.592. The third kappa shape index (κ3) is 1.94. The zero-order valence-corrected chi connectivity index (χ0v) is 12.0. The number of aryl methyl sites for hydroxylation is 1. The van der Waals surface area contributed by atoms with Gasteiger partial charge in [-0.1, -0.05) is 6.07 Å². The molecule has 0 fully saturated rings. The van der Waals surface area contributed by atoms with Gasteiger partial charge < -0.3 is 10.5 Å². The predicted octanol–water partition coefficient (Wildman–Crippen LogP) is 2.80. The monoisotopic (exact) mass is 286 g/mol. The largest absolute Gasteiger partial charge is 0.495 e. The normalized spacial score (nSPS) is 10.7. The lowest BCUT2D eigenvalue weighted by molar-refractivity contribution is 0.418.